The zero-order valence-electron chi connectivity index (χ0n) is 10.4. The van der Waals surface area contributed by atoms with Gasteiger partial charge in [0, 0.05) is 17.6 Å². The number of hydrogen-bond donors (Lipinski definition) is 0. The third-order valence-corrected chi connectivity index (χ3v) is 3.18. The molecule has 0 unspecified atom stereocenters. The molecule has 0 aliphatic carbocycles. The number of aromatic nitrogens is 2. The summed E-state index contributed by atoms with van der Waals surface area (Å²) in [7, 11) is 0. The highest BCUT2D eigenvalue weighted by atomic mass is 32.1. The van der Waals surface area contributed by atoms with Gasteiger partial charge in [-0.25, -0.2) is 4.98 Å². The molecule has 4 nitrogen and oxygen atoms in total. The van der Waals surface area contributed by atoms with Gasteiger partial charge in [0.15, 0.2) is 0 Å². The molecule has 18 heavy (non-hydrogen) atoms. The molecule has 0 aromatic carbocycles. The van der Waals surface area contributed by atoms with Gasteiger partial charge in [-0.3, -0.25) is 9.78 Å². The van der Waals surface area contributed by atoms with E-state index in [1.807, 2.05) is 32.0 Å². The van der Waals surface area contributed by atoms with E-state index < -0.39 is 0 Å². The Morgan fingerprint density at radius 3 is 2.78 bits per heavy atom. The van der Waals surface area contributed by atoms with Gasteiger partial charge < -0.3 is 4.90 Å². The molecule has 0 bridgehead atoms. The van der Waals surface area contributed by atoms with Crippen molar-refractivity contribution in [2.45, 2.75) is 26.4 Å². The zero-order valence-corrected chi connectivity index (χ0v) is 11.2. The fourth-order valence-corrected chi connectivity index (χ4v) is 2.15. The largest absolute Gasteiger partial charge is 0.329 e. The molecule has 0 saturated heterocycles. The highest BCUT2D eigenvalue weighted by molar-refractivity contribution is 7.07. The SMILES string of the molecule is CC(C)N(Cc1ccccn1)C(=O)c1cscn1. The molecule has 1 amide bonds. The van der Waals surface area contributed by atoms with Crippen molar-refractivity contribution in [3.05, 3.63) is 46.7 Å². The van der Waals surface area contributed by atoms with Crippen molar-refractivity contribution in [3.8, 4) is 0 Å². The van der Waals surface area contributed by atoms with Crippen molar-refractivity contribution in [2.75, 3.05) is 0 Å². The summed E-state index contributed by atoms with van der Waals surface area (Å²) >= 11 is 1.43. The number of hydrogen-bond acceptors (Lipinski definition) is 4. The minimum absolute atomic E-state index is 0.0445. The van der Waals surface area contributed by atoms with Gasteiger partial charge in [0.25, 0.3) is 5.91 Å². The van der Waals surface area contributed by atoms with E-state index in [4.69, 9.17) is 0 Å². The Balaban J connectivity index is 2.17. The first-order chi connectivity index (χ1) is 8.68. The maximum Gasteiger partial charge on any atom is 0.273 e. The maximum atomic E-state index is 12.3. The molecule has 2 heterocycles. The summed E-state index contributed by atoms with van der Waals surface area (Å²) in [6, 6.07) is 5.82. The summed E-state index contributed by atoms with van der Waals surface area (Å²) < 4.78 is 0. The fourth-order valence-electron chi connectivity index (χ4n) is 1.62. The summed E-state index contributed by atoms with van der Waals surface area (Å²) in [5.41, 5.74) is 3.06. The van der Waals surface area contributed by atoms with E-state index in [0.717, 1.165) is 5.69 Å². The maximum absolute atomic E-state index is 12.3. The van der Waals surface area contributed by atoms with Crippen LogP contribution in [0.5, 0.6) is 0 Å². The van der Waals surface area contributed by atoms with Crippen molar-refractivity contribution in [2.24, 2.45) is 0 Å². The molecule has 2 aromatic heterocycles. The van der Waals surface area contributed by atoms with E-state index in [0.29, 0.717) is 12.2 Å². The van der Waals surface area contributed by atoms with E-state index in [-0.39, 0.29) is 11.9 Å². The highest BCUT2D eigenvalue weighted by Crippen LogP contribution is 2.12. The molecule has 0 saturated carbocycles. The Morgan fingerprint density at radius 2 is 2.22 bits per heavy atom. The topological polar surface area (TPSA) is 46.1 Å². The third-order valence-electron chi connectivity index (χ3n) is 2.59. The molecule has 2 rings (SSSR count). The Labute approximate surface area is 110 Å². The summed E-state index contributed by atoms with van der Waals surface area (Å²) in [4.78, 5) is 22.4. The molecule has 5 heteroatoms. The quantitative estimate of drug-likeness (QED) is 0.849. The smallest absolute Gasteiger partial charge is 0.273 e. The minimum Gasteiger partial charge on any atom is -0.329 e. The van der Waals surface area contributed by atoms with Gasteiger partial charge in [-0.1, -0.05) is 6.07 Å². The van der Waals surface area contributed by atoms with E-state index in [1.165, 1.54) is 11.3 Å². The van der Waals surface area contributed by atoms with Crippen LogP contribution in [0.2, 0.25) is 0 Å². The van der Waals surface area contributed by atoms with Crippen LogP contribution < -0.4 is 0 Å². The first kappa shape index (κ1) is 12.7. The highest BCUT2D eigenvalue weighted by Gasteiger charge is 2.20. The molecule has 0 spiro atoms. The molecule has 0 atom stereocenters. The van der Waals surface area contributed by atoms with Gasteiger partial charge >= 0.3 is 0 Å². The van der Waals surface area contributed by atoms with Crippen LogP contribution in [0.25, 0.3) is 0 Å². The lowest BCUT2D eigenvalue weighted by molar-refractivity contribution is 0.0682. The number of carbonyl (C=O) groups excluding carboxylic acids is 1. The molecular weight excluding hydrogens is 246 g/mol. The van der Waals surface area contributed by atoms with Gasteiger partial charge in [-0.15, -0.1) is 11.3 Å². The van der Waals surface area contributed by atoms with E-state index in [1.54, 1.807) is 22.0 Å². The Morgan fingerprint density at radius 1 is 1.39 bits per heavy atom. The Bertz CT molecular complexity index is 496. The molecule has 0 aliphatic rings. The monoisotopic (exact) mass is 261 g/mol. The van der Waals surface area contributed by atoms with Gasteiger partial charge in [-0.05, 0) is 26.0 Å². The van der Waals surface area contributed by atoms with Crippen LogP contribution >= 0.6 is 11.3 Å². The first-order valence-electron chi connectivity index (χ1n) is 5.77. The normalized spacial score (nSPS) is 10.6. The summed E-state index contributed by atoms with van der Waals surface area (Å²) in [6.45, 7) is 4.50. The van der Waals surface area contributed by atoms with Crippen LogP contribution in [-0.2, 0) is 6.54 Å². The van der Waals surface area contributed by atoms with Gasteiger partial charge in [-0.2, -0.15) is 0 Å². The van der Waals surface area contributed by atoms with Gasteiger partial charge in [0.05, 0.1) is 17.7 Å². The van der Waals surface area contributed by atoms with Crippen molar-refractivity contribution < 1.29 is 4.79 Å². The van der Waals surface area contributed by atoms with Crippen LogP contribution in [-0.4, -0.2) is 26.8 Å². The van der Waals surface area contributed by atoms with Crippen molar-refractivity contribution >= 4 is 17.2 Å². The lowest BCUT2D eigenvalue weighted by Gasteiger charge is -2.25. The summed E-state index contributed by atoms with van der Waals surface area (Å²) in [5, 5.41) is 1.77. The van der Waals surface area contributed by atoms with Gasteiger partial charge in [0.1, 0.15) is 5.69 Å². The lowest BCUT2D eigenvalue weighted by atomic mass is 10.2. The van der Waals surface area contributed by atoms with Crippen LogP contribution in [0.3, 0.4) is 0 Å². The predicted molar refractivity (Wildman–Crippen MR) is 71.4 cm³/mol. The van der Waals surface area contributed by atoms with Gasteiger partial charge in [0.2, 0.25) is 0 Å². The predicted octanol–water partition coefficient (Wildman–Crippen LogP) is 2.59. The average molecular weight is 261 g/mol. The van der Waals surface area contributed by atoms with Crippen LogP contribution in [0.1, 0.15) is 30.0 Å². The number of rotatable bonds is 4. The van der Waals surface area contributed by atoms with E-state index >= 15 is 0 Å². The Hall–Kier alpha value is -1.75. The first-order valence-corrected chi connectivity index (χ1v) is 6.72. The average Bonchev–Trinajstić information content (AvgIpc) is 2.90. The van der Waals surface area contributed by atoms with Crippen LogP contribution in [0.15, 0.2) is 35.3 Å². The number of amides is 1. The fraction of sp³-hybridized carbons (Fsp3) is 0.308. The summed E-state index contributed by atoms with van der Waals surface area (Å²) in [5.74, 6) is -0.0445. The molecule has 0 N–H and O–H groups in total. The van der Waals surface area contributed by atoms with Crippen molar-refractivity contribution in [1.82, 2.24) is 14.9 Å². The molecule has 0 radical (unpaired) electrons. The van der Waals surface area contributed by atoms with Crippen LogP contribution in [0, 0.1) is 0 Å². The number of nitrogens with zero attached hydrogens (tertiary/aromatic N) is 3. The second kappa shape index (κ2) is 5.73. The standard InChI is InChI=1S/C13H15N3OS/c1-10(2)16(7-11-5-3-4-6-14-11)13(17)12-8-18-9-15-12/h3-6,8-10H,7H2,1-2H3. The molecule has 0 fully saturated rings. The number of thiazole rings is 1. The third kappa shape index (κ3) is 2.92. The van der Waals surface area contributed by atoms with Crippen LogP contribution in [0.4, 0.5) is 0 Å². The zero-order chi connectivity index (χ0) is 13.0. The summed E-state index contributed by atoms with van der Waals surface area (Å²) in [6.07, 6.45) is 1.74. The van der Waals surface area contributed by atoms with E-state index in [2.05, 4.69) is 9.97 Å². The lowest BCUT2D eigenvalue weighted by Crippen LogP contribution is -2.36. The number of carbonyl (C=O) groups is 1. The second-order valence-corrected chi connectivity index (χ2v) is 4.94. The molecule has 2 aromatic rings. The molecule has 94 valence electrons. The second-order valence-electron chi connectivity index (χ2n) is 4.22. The molecular formula is C13H15N3OS. The van der Waals surface area contributed by atoms with Crippen molar-refractivity contribution in [3.63, 3.8) is 0 Å². The number of pyridine rings is 1. The Kier molecular flexibility index (Phi) is 4.04. The molecule has 0 aliphatic heterocycles. The van der Waals surface area contributed by atoms with E-state index in [9.17, 15) is 4.79 Å². The minimum atomic E-state index is -0.0445. The van der Waals surface area contributed by atoms with Crippen molar-refractivity contribution in [1.29, 1.82) is 0 Å².